The maximum Gasteiger partial charge on any atom is 0.393 e. The van der Waals surface area contributed by atoms with Crippen LogP contribution in [-0.4, -0.2) is 30.5 Å². The van der Waals surface area contributed by atoms with Gasteiger partial charge in [-0.1, -0.05) is 30.3 Å². The van der Waals surface area contributed by atoms with Crippen LogP contribution < -0.4 is 0 Å². The van der Waals surface area contributed by atoms with Gasteiger partial charge in [-0.25, -0.2) is 0 Å². The van der Waals surface area contributed by atoms with E-state index in [0.29, 0.717) is 12.8 Å². The van der Waals surface area contributed by atoms with Crippen molar-refractivity contribution in [3.8, 4) is 0 Å². The van der Waals surface area contributed by atoms with Crippen LogP contribution in [0.1, 0.15) is 5.56 Å². The summed E-state index contributed by atoms with van der Waals surface area (Å²) in [4.78, 5) is 12.4. The van der Waals surface area contributed by atoms with Gasteiger partial charge in [-0.2, -0.15) is 13.2 Å². The van der Waals surface area contributed by atoms with Crippen LogP contribution in [0.4, 0.5) is 13.2 Å². The maximum absolute atomic E-state index is 12.7. The molecule has 0 saturated carbocycles. The number of alkyl halides is 3. The standard InChI is InChI=1S/C13H14F3NO/c14-13(15,16)12-8-17(7-11(12)9-18)6-10-4-2-1-3-5-10/h1-5,9,11-12H,6-8H2. The Balaban J connectivity index is 2.03. The van der Waals surface area contributed by atoms with Crippen molar-refractivity contribution in [3.05, 3.63) is 35.9 Å². The Morgan fingerprint density at radius 1 is 1.22 bits per heavy atom. The van der Waals surface area contributed by atoms with Crippen molar-refractivity contribution < 1.29 is 18.0 Å². The van der Waals surface area contributed by atoms with Crippen LogP contribution in [0.15, 0.2) is 30.3 Å². The molecule has 0 amide bonds. The molecule has 1 aliphatic heterocycles. The van der Waals surface area contributed by atoms with Gasteiger partial charge in [0.05, 0.1) is 5.92 Å². The quantitative estimate of drug-likeness (QED) is 0.775. The first kappa shape index (κ1) is 13.1. The van der Waals surface area contributed by atoms with E-state index in [1.165, 1.54) is 0 Å². The topological polar surface area (TPSA) is 20.3 Å². The molecule has 0 aromatic heterocycles. The molecule has 1 saturated heterocycles. The summed E-state index contributed by atoms with van der Waals surface area (Å²) in [6.45, 7) is 0.544. The van der Waals surface area contributed by atoms with Crippen molar-refractivity contribution in [1.82, 2.24) is 4.90 Å². The fourth-order valence-corrected chi connectivity index (χ4v) is 2.37. The van der Waals surface area contributed by atoms with E-state index in [4.69, 9.17) is 0 Å². The van der Waals surface area contributed by atoms with Crippen molar-refractivity contribution in [2.24, 2.45) is 11.8 Å². The molecule has 1 fully saturated rings. The average molecular weight is 257 g/mol. The lowest BCUT2D eigenvalue weighted by Crippen LogP contribution is -2.30. The van der Waals surface area contributed by atoms with Crippen LogP contribution in [-0.2, 0) is 11.3 Å². The summed E-state index contributed by atoms with van der Waals surface area (Å²) in [7, 11) is 0. The molecule has 2 rings (SSSR count). The number of nitrogens with zero attached hydrogens (tertiary/aromatic N) is 1. The number of rotatable bonds is 3. The summed E-state index contributed by atoms with van der Waals surface area (Å²) in [5, 5.41) is 0. The Kier molecular flexibility index (Phi) is 3.71. The first-order chi connectivity index (χ1) is 8.50. The largest absolute Gasteiger partial charge is 0.393 e. The summed E-state index contributed by atoms with van der Waals surface area (Å²) < 4.78 is 38.2. The third-order valence-corrected chi connectivity index (χ3v) is 3.28. The summed E-state index contributed by atoms with van der Waals surface area (Å²) in [6, 6.07) is 9.31. The average Bonchev–Trinajstić information content (AvgIpc) is 2.73. The van der Waals surface area contributed by atoms with Crippen molar-refractivity contribution in [2.75, 3.05) is 13.1 Å². The monoisotopic (exact) mass is 257 g/mol. The number of aldehydes is 1. The summed E-state index contributed by atoms with van der Waals surface area (Å²) >= 11 is 0. The van der Waals surface area contributed by atoms with Gasteiger partial charge in [-0.15, -0.1) is 0 Å². The second-order valence-electron chi connectivity index (χ2n) is 4.63. The van der Waals surface area contributed by atoms with Crippen LogP contribution >= 0.6 is 0 Å². The summed E-state index contributed by atoms with van der Waals surface area (Å²) in [6.07, 6.45) is -3.86. The van der Waals surface area contributed by atoms with Crippen LogP contribution in [0.25, 0.3) is 0 Å². The minimum atomic E-state index is -4.29. The van der Waals surface area contributed by atoms with E-state index in [1.54, 1.807) is 4.90 Å². The molecule has 98 valence electrons. The van der Waals surface area contributed by atoms with Gasteiger partial charge in [-0.05, 0) is 5.56 Å². The minimum absolute atomic E-state index is 0.0954. The lowest BCUT2D eigenvalue weighted by atomic mass is 9.97. The number of carbonyl (C=O) groups is 1. The van der Waals surface area contributed by atoms with E-state index in [2.05, 4.69) is 0 Å². The van der Waals surface area contributed by atoms with Crippen molar-refractivity contribution in [3.63, 3.8) is 0 Å². The molecule has 0 N–H and O–H groups in total. The molecule has 0 bridgehead atoms. The Labute approximate surface area is 103 Å². The van der Waals surface area contributed by atoms with Crippen LogP contribution in [0, 0.1) is 11.8 Å². The smallest absolute Gasteiger partial charge is 0.303 e. The zero-order valence-corrected chi connectivity index (χ0v) is 9.73. The fourth-order valence-electron chi connectivity index (χ4n) is 2.37. The summed E-state index contributed by atoms with van der Waals surface area (Å²) in [5.74, 6) is -2.47. The SMILES string of the molecule is O=CC1CN(Cc2ccccc2)CC1C(F)(F)F. The Bertz CT molecular complexity index is 404. The van der Waals surface area contributed by atoms with Crippen LogP contribution in [0.5, 0.6) is 0 Å². The molecule has 1 aromatic carbocycles. The molecule has 1 aromatic rings. The van der Waals surface area contributed by atoms with Crippen molar-refractivity contribution in [1.29, 1.82) is 0 Å². The third-order valence-electron chi connectivity index (χ3n) is 3.28. The number of carbonyl (C=O) groups excluding carboxylic acids is 1. The lowest BCUT2D eigenvalue weighted by molar-refractivity contribution is -0.180. The van der Waals surface area contributed by atoms with Gasteiger partial charge in [-0.3, -0.25) is 4.90 Å². The zero-order chi connectivity index (χ0) is 13.2. The van der Waals surface area contributed by atoms with Crippen molar-refractivity contribution in [2.45, 2.75) is 12.7 Å². The molecule has 2 nitrogen and oxygen atoms in total. The van der Waals surface area contributed by atoms with Gasteiger partial charge in [0.15, 0.2) is 0 Å². The second-order valence-corrected chi connectivity index (χ2v) is 4.63. The molecule has 2 unspecified atom stereocenters. The van der Waals surface area contributed by atoms with Crippen LogP contribution in [0.2, 0.25) is 0 Å². The van der Waals surface area contributed by atoms with E-state index in [0.717, 1.165) is 5.56 Å². The third kappa shape index (κ3) is 2.90. The molecular weight excluding hydrogens is 243 g/mol. The zero-order valence-electron chi connectivity index (χ0n) is 9.73. The first-order valence-corrected chi connectivity index (χ1v) is 5.79. The van der Waals surface area contributed by atoms with Gasteiger partial charge < -0.3 is 4.79 Å². The Morgan fingerprint density at radius 3 is 2.39 bits per heavy atom. The molecule has 0 radical (unpaired) electrons. The lowest BCUT2D eigenvalue weighted by Gasteiger charge is -2.18. The Hall–Kier alpha value is -1.36. The predicted molar refractivity (Wildman–Crippen MR) is 60.8 cm³/mol. The number of likely N-dealkylation sites (tertiary alicyclic amines) is 1. The van der Waals surface area contributed by atoms with Gasteiger partial charge in [0.25, 0.3) is 0 Å². The maximum atomic E-state index is 12.7. The van der Waals surface area contributed by atoms with Gasteiger partial charge >= 0.3 is 6.18 Å². The molecule has 5 heteroatoms. The highest BCUT2D eigenvalue weighted by molar-refractivity contribution is 5.55. The highest BCUT2D eigenvalue weighted by atomic mass is 19.4. The molecule has 0 aliphatic carbocycles. The van der Waals surface area contributed by atoms with Crippen LogP contribution in [0.3, 0.4) is 0 Å². The van der Waals surface area contributed by atoms with E-state index >= 15 is 0 Å². The molecular formula is C13H14F3NO. The van der Waals surface area contributed by atoms with Gasteiger partial charge in [0.2, 0.25) is 0 Å². The normalized spacial score (nSPS) is 25.3. The Morgan fingerprint density at radius 2 is 1.89 bits per heavy atom. The molecule has 0 spiro atoms. The highest BCUT2D eigenvalue weighted by Crippen LogP contribution is 2.37. The number of benzene rings is 1. The fraction of sp³-hybridized carbons (Fsp3) is 0.462. The van der Waals surface area contributed by atoms with Gasteiger partial charge in [0.1, 0.15) is 6.29 Å². The number of halogens is 3. The number of hydrogen-bond donors (Lipinski definition) is 0. The second kappa shape index (κ2) is 5.10. The van der Waals surface area contributed by atoms with E-state index < -0.39 is 18.0 Å². The highest BCUT2D eigenvalue weighted by Gasteiger charge is 2.49. The van der Waals surface area contributed by atoms with Gasteiger partial charge in [0, 0.05) is 25.6 Å². The molecule has 1 heterocycles. The van der Waals surface area contributed by atoms with Crippen molar-refractivity contribution >= 4 is 6.29 Å². The molecule has 1 aliphatic rings. The van der Waals surface area contributed by atoms with E-state index in [-0.39, 0.29) is 13.1 Å². The van der Waals surface area contributed by atoms with E-state index in [9.17, 15) is 18.0 Å². The minimum Gasteiger partial charge on any atom is -0.303 e. The molecule has 18 heavy (non-hydrogen) atoms. The molecule has 2 atom stereocenters. The number of hydrogen-bond acceptors (Lipinski definition) is 2. The van der Waals surface area contributed by atoms with E-state index in [1.807, 2.05) is 30.3 Å². The predicted octanol–water partition coefficient (Wildman–Crippen LogP) is 2.50. The summed E-state index contributed by atoms with van der Waals surface area (Å²) in [5.41, 5.74) is 0.963. The first-order valence-electron chi connectivity index (χ1n) is 5.79.